The molecule has 0 aliphatic carbocycles. The number of carbonyl (C=O) groups excluding carboxylic acids is 1. The summed E-state index contributed by atoms with van der Waals surface area (Å²) in [6, 6.07) is 21.4. The SMILES string of the molecule is COCCN1C(=O)/C(=C/c2cccn2-c2ccc(OC)cc2)SC1=Nc1ccccc1. The van der Waals surface area contributed by atoms with Crippen LogP contribution in [0.3, 0.4) is 0 Å². The molecule has 1 aliphatic rings. The monoisotopic (exact) mass is 433 g/mol. The molecule has 0 radical (unpaired) electrons. The highest BCUT2D eigenvalue weighted by Gasteiger charge is 2.33. The first-order valence-electron chi connectivity index (χ1n) is 9.85. The number of aromatic nitrogens is 1. The Morgan fingerprint density at radius 1 is 1.00 bits per heavy atom. The third-order valence-corrected chi connectivity index (χ3v) is 5.80. The Kier molecular flexibility index (Phi) is 6.54. The van der Waals surface area contributed by atoms with Gasteiger partial charge in [-0.3, -0.25) is 9.69 Å². The lowest BCUT2D eigenvalue weighted by Gasteiger charge is -2.14. The summed E-state index contributed by atoms with van der Waals surface area (Å²) in [6.07, 6.45) is 3.88. The fraction of sp³-hybridized carbons (Fsp3) is 0.167. The van der Waals surface area contributed by atoms with E-state index in [-0.39, 0.29) is 5.91 Å². The average Bonchev–Trinajstić information content (AvgIpc) is 3.38. The van der Waals surface area contributed by atoms with Crippen LogP contribution in [0.15, 0.2) is 82.8 Å². The van der Waals surface area contributed by atoms with Gasteiger partial charge in [-0.15, -0.1) is 0 Å². The normalized spacial score (nSPS) is 16.5. The number of thioether (sulfide) groups is 1. The number of carbonyl (C=O) groups is 1. The Balaban J connectivity index is 1.66. The summed E-state index contributed by atoms with van der Waals surface area (Å²) >= 11 is 1.38. The van der Waals surface area contributed by atoms with Crippen molar-refractivity contribution in [1.29, 1.82) is 0 Å². The van der Waals surface area contributed by atoms with Gasteiger partial charge in [-0.2, -0.15) is 0 Å². The highest BCUT2D eigenvalue weighted by molar-refractivity contribution is 8.18. The van der Waals surface area contributed by atoms with Crippen LogP contribution in [-0.4, -0.2) is 47.9 Å². The Hall–Kier alpha value is -3.29. The van der Waals surface area contributed by atoms with Gasteiger partial charge in [0, 0.05) is 24.7 Å². The number of nitrogens with zero attached hydrogens (tertiary/aromatic N) is 3. The molecular weight excluding hydrogens is 410 g/mol. The summed E-state index contributed by atoms with van der Waals surface area (Å²) in [7, 11) is 3.27. The molecule has 2 aromatic carbocycles. The first-order valence-corrected chi connectivity index (χ1v) is 10.7. The van der Waals surface area contributed by atoms with Gasteiger partial charge in [0.1, 0.15) is 5.75 Å². The number of aliphatic imine (C=N–C) groups is 1. The predicted molar refractivity (Wildman–Crippen MR) is 125 cm³/mol. The van der Waals surface area contributed by atoms with Crippen LogP contribution in [0.5, 0.6) is 5.75 Å². The van der Waals surface area contributed by atoms with E-state index in [1.807, 2.05) is 83.6 Å². The van der Waals surface area contributed by atoms with Crippen LogP contribution >= 0.6 is 11.8 Å². The molecule has 1 amide bonds. The maximum Gasteiger partial charge on any atom is 0.266 e. The summed E-state index contributed by atoms with van der Waals surface area (Å²) in [5, 5.41) is 0.655. The van der Waals surface area contributed by atoms with E-state index in [9.17, 15) is 4.79 Å². The molecule has 31 heavy (non-hydrogen) atoms. The summed E-state index contributed by atoms with van der Waals surface area (Å²) < 4.78 is 12.5. The third-order valence-electron chi connectivity index (χ3n) is 4.80. The zero-order valence-corrected chi connectivity index (χ0v) is 18.2. The van der Waals surface area contributed by atoms with Crippen molar-refractivity contribution in [2.75, 3.05) is 27.4 Å². The second kappa shape index (κ2) is 9.68. The smallest absolute Gasteiger partial charge is 0.266 e. The maximum absolute atomic E-state index is 13.1. The van der Waals surface area contributed by atoms with E-state index < -0.39 is 0 Å². The molecule has 0 spiro atoms. The third kappa shape index (κ3) is 4.73. The van der Waals surface area contributed by atoms with Gasteiger partial charge < -0.3 is 14.0 Å². The second-order valence-electron chi connectivity index (χ2n) is 6.79. The van der Waals surface area contributed by atoms with Gasteiger partial charge in [0.25, 0.3) is 5.91 Å². The Labute approximate surface area is 185 Å². The molecule has 0 N–H and O–H groups in total. The second-order valence-corrected chi connectivity index (χ2v) is 7.80. The van der Waals surface area contributed by atoms with Crippen molar-refractivity contribution in [2.24, 2.45) is 4.99 Å². The van der Waals surface area contributed by atoms with Crippen molar-refractivity contribution in [1.82, 2.24) is 9.47 Å². The molecule has 1 fully saturated rings. The molecule has 1 aromatic heterocycles. The number of hydrogen-bond acceptors (Lipinski definition) is 5. The lowest BCUT2D eigenvalue weighted by molar-refractivity contribution is -0.122. The van der Waals surface area contributed by atoms with E-state index >= 15 is 0 Å². The predicted octanol–water partition coefficient (Wildman–Crippen LogP) is 4.74. The quantitative estimate of drug-likeness (QED) is 0.505. The van der Waals surface area contributed by atoms with Gasteiger partial charge in [0.15, 0.2) is 5.17 Å². The highest BCUT2D eigenvalue weighted by atomic mass is 32.2. The van der Waals surface area contributed by atoms with E-state index in [2.05, 4.69) is 4.99 Å². The van der Waals surface area contributed by atoms with E-state index in [1.54, 1.807) is 19.1 Å². The zero-order chi connectivity index (χ0) is 21.6. The number of rotatable bonds is 7. The van der Waals surface area contributed by atoms with Gasteiger partial charge >= 0.3 is 0 Å². The number of methoxy groups -OCH3 is 2. The minimum atomic E-state index is -0.0702. The van der Waals surface area contributed by atoms with Crippen molar-refractivity contribution < 1.29 is 14.3 Å². The van der Waals surface area contributed by atoms with Gasteiger partial charge in [-0.25, -0.2) is 4.99 Å². The topological polar surface area (TPSA) is 56.1 Å². The molecule has 0 atom stereocenters. The molecule has 1 saturated heterocycles. The molecule has 7 heteroatoms. The number of para-hydroxylation sites is 1. The van der Waals surface area contributed by atoms with Crippen LogP contribution in [-0.2, 0) is 9.53 Å². The molecule has 0 unspecified atom stereocenters. The lowest BCUT2D eigenvalue weighted by Crippen LogP contribution is -2.32. The Bertz CT molecular complexity index is 1100. The number of ether oxygens (including phenoxy) is 2. The summed E-state index contributed by atoms with van der Waals surface area (Å²) in [5.41, 5.74) is 2.71. The van der Waals surface area contributed by atoms with Gasteiger partial charge in [-0.05, 0) is 66.4 Å². The molecule has 0 saturated carbocycles. The highest BCUT2D eigenvalue weighted by Crippen LogP contribution is 2.34. The molecule has 0 bridgehead atoms. The largest absolute Gasteiger partial charge is 0.497 e. The molecule has 3 aromatic rings. The van der Waals surface area contributed by atoms with Crippen molar-refractivity contribution in [2.45, 2.75) is 0 Å². The average molecular weight is 434 g/mol. The number of hydrogen-bond donors (Lipinski definition) is 0. The number of amidine groups is 1. The minimum absolute atomic E-state index is 0.0702. The fourth-order valence-electron chi connectivity index (χ4n) is 3.21. The first kappa shape index (κ1) is 21.0. The summed E-state index contributed by atoms with van der Waals surface area (Å²) in [4.78, 5) is 20.1. The van der Waals surface area contributed by atoms with Crippen molar-refractivity contribution in [3.8, 4) is 11.4 Å². The van der Waals surface area contributed by atoms with Gasteiger partial charge in [0.2, 0.25) is 0 Å². The van der Waals surface area contributed by atoms with Crippen LogP contribution in [0.2, 0.25) is 0 Å². The first-order chi connectivity index (χ1) is 15.2. The number of benzene rings is 2. The van der Waals surface area contributed by atoms with Crippen molar-refractivity contribution in [3.63, 3.8) is 0 Å². The Morgan fingerprint density at radius 2 is 1.77 bits per heavy atom. The molecule has 2 heterocycles. The van der Waals surface area contributed by atoms with E-state index in [4.69, 9.17) is 9.47 Å². The van der Waals surface area contributed by atoms with Crippen molar-refractivity contribution in [3.05, 3.63) is 83.5 Å². The summed E-state index contributed by atoms with van der Waals surface area (Å²) in [5.74, 6) is 0.729. The Morgan fingerprint density at radius 3 is 2.48 bits per heavy atom. The van der Waals surface area contributed by atoms with Crippen LogP contribution in [0.4, 0.5) is 5.69 Å². The molecule has 1 aliphatic heterocycles. The molecular formula is C24H23N3O3S. The standard InChI is InChI=1S/C24H23N3O3S/c1-29-16-15-27-23(28)22(31-24(27)25-18-7-4-3-5-8-18)17-20-9-6-14-26(20)19-10-12-21(30-2)13-11-19/h3-14,17H,15-16H2,1-2H3/b22-17-,25-24?. The minimum Gasteiger partial charge on any atom is -0.497 e. The fourth-order valence-corrected chi connectivity index (χ4v) is 4.22. The van der Waals surface area contributed by atoms with Crippen LogP contribution in [0.25, 0.3) is 11.8 Å². The lowest BCUT2D eigenvalue weighted by atomic mass is 10.3. The van der Waals surface area contributed by atoms with Crippen LogP contribution in [0, 0.1) is 0 Å². The maximum atomic E-state index is 13.1. The van der Waals surface area contributed by atoms with E-state index in [0.717, 1.165) is 22.8 Å². The van der Waals surface area contributed by atoms with E-state index in [1.165, 1.54) is 11.8 Å². The van der Waals surface area contributed by atoms with Crippen LogP contribution < -0.4 is 4.74 Å². The molecule has 4 rings (SSSR count). The van der Waals surface area contributed by atoms with Gasteiger partial charge in [-0.1, -0.05) is 18.2 Å². The molecule has 6 nitrogen and oxygen atoms in total. The number of amides is 1. The van der Waals surface area contributed by atoms with E-state index in [0.29, 0.717) is 23.2 Å². The van der Waals surface area contributed by atoms with Crippen molar-refractivity contribution >= 4 is 34.6 Å². The zero-order valence-electron chi connectivity index (χ0n) is 17.4. The summed E-state index contributed by atoms with van der Waals surface area (Å²) in [6.45, 7) is 0.889. The van der Waals surface area contributed by atoms with Gasteiger partial charge in [0.05, 0.1) is 30.9 Å². The van der Waals surface area contributed by atoms with Crippen LogP contribution in [0.1, 0.15) is 5.69 Å². The molecule has 158 valence electrons.